The van der Waals surface area contributed by atoms with Gasteiger partial charge >= 0.3 is 0 Å². The van der Waals surface area contributed by atoms with Crippen LogP contribution in [0, 0.1) is 13.8 Å². The minimum absolute atomic E-state index is 0.118. The molecule has 0 spiro atoms. The van der Waals surface area contributed by atoms with E-state index in [0.29, 0.717) is 0 Å². The van der Waals surface area contributed by atoms with Gasteiger partial charge in [-0.1, -0.05) is 37.3 Å². The van der Waals surface area contributed by atoms with Gasteiger partial charge in [-0.25, -0.2) is 0 Å². The molecule has 1 radical (unpaired) electrons. The summed E-state index contributed by atoms with van der Waals surface area (Å²) in [7, 11) is 0. The number of anilines is 1. The molecule has 2 N–H and O–H groups in total. The number of aryl methyl sites for hydroxylation is 2. The molecule has 2 heteroatoms. The van der Waals surface area contributed by atoms with Crippen molar-refractivity contribution >= 4 is 5.69 Å². The van der Waals surface area contributed by atoms with Crippen LogP contribution in [0.3, 0.4) is 0 Å². The van der Waals surface area contributed by atoms with Crippen LogP contribution in [0.25, 0.3) is 0 Å². The SMILES string of the molecule is CCc1c(C)cccc1N.Cc1ccccc1[O]. The fourth-order valence-corrected chi connectivity index (χ4v) is 1.76. The maximum Gasteiger partial charge on any atom is 0.181 e. The zero-order valence-electron chi connectivity index (χ0n) is 11.2. The monoisotopic (exact) mass is 242 g/mol. The summed E-state index contributed by atoms with van der Waals surface area (Å²) in [5.41, 5.74) is 10.0. The minimum atomic E-state index is 0.118. The maximum atomic E-state index is 10.6. The van der Waals surface area contributed by atoms with Gasteiger partial charge in [0.25, 0.3) is 0 Å². The number of hydrogen-bond acceptors (Lipinski definition) is 1. The Morgan fingerprint density at radius 2 is 1.56 bits per heavy atom. The number of nitrogens with two attached hydrogens (primary N) is 1. The van der Waals surface area contributed by atoms with Gasteiger partial charge in [0.15, 0.2) is 5.75 Å². The van der Waals surface area contributed by atoms with Gasteiger partial charge in [0.2, 0.25) is 0 Å². The van der Waals surface area contributed by atoms with E-state index in [0.717, 1.165) is 17.7 Å². The van der Waals surface area contributed by atoms with Crippen LogP contribution in [0.1, 0.15) is 23.6 Å². The van der Waals surface area contributed by atoms with Crippen LogP contribution < -0.4 is 5.73 Å². The molecule has 0 aliphatic heterocycles. The molecule has 0 aliphatic carbocycles. The van der Waals surface area contributed by atoms with Gasteiger partial charge in [-0.2, -0.15) is 0 Å². The van der Waals surface area contributed by atoms with E-state index in [2.05, 4.69) is 19.9 Å². The number of rotatable bonds is 1. The van der Waals surface area contributed by atoms with Crippen molar-refractivity contribution < 1.29 is 5.11 Å². The van der Waals surface area contributed by atoms with Gasteiger partial charge < -0.3 is 5.73 Å². The normalized spacial score (nSPS) is 9.50. The van der Waals surface area contributed by atoms with E-state index in [-0.39, 0.29) is 5.75 Å². The highest BCUT2D eigenvalue weighted by molar-refractivity contribution is 5.50. The van der Waals surface area contributed by atoms with Gasteiger partial charge in [-0.05, 0) is 49.1 Å². The quantitative estimate of drug-likeness (QED) is 0.745. The predicted molar refractivity (Wildman–Crippen MR) is 76.3 cm³/mol. The first-order valence-corrected chi connectivity index (χ1v) is 6.12. The summed E-state index contributed by atoms with van der Waals surface area (Å²) in [5, 5.41) is 10.6. The molecular formula is C16H20NO. The van der Waals surface area contributed by atoms with Crippen molar-refractivity contribution in [1.29, 1.82) is 0 Å². The first-order valence-electron chi connectivity index (χ1n) is 6.12. The summed E-state index contributed by atoms with van der Waals surface area (Å²) < 4.78 is 0. The van der Waals surface area contributed by atoms with Crippen LogP contribution in [0.5, 0.6) is 5.75 Å². The van der Waals surface area contributed by atoms with E-state index < -0.39 is 0 Å². The largest absolute Gasteiger partial charge is 0.398 e. The average Bonchev–Trinajstić information content (AvgIpc) is 2.34. The van der Waals surface area contributed by atoms with Gasteiger partial charge in [-0.15, -0.1) is 0 Å². The van der Waals surface area contributed by atoms with Crippen molar-refractivity contribution in [2.45, 2.75) is 27.2 Å². The van der Waals surface area contributed by atoms with Crippen LogP contribution in [-0.2, 0) is 11.5 Å². The van der Waals surface area contributed by atoms with Crippen molar-refractivity contribution in [3.8, 4) is 5.75 Å². The second kappa shape index (κ2) is 6.70. The molecule has 0 fully saturated rings. The third-order valence-corrected chi connectivity index (χ3v) is 2.89. The Morgan fingerprint density at radius 1 is 0.944 bits per heavy atom. The Labute approximate surface area is 109 Å². The number of para-hydroxylation sites is 1. The molecule has 2 aromatic rings. The van der Waals surface area contributed by atoms with Gasteiger partial charge in [0.1, 0.15) is 0 Å². The van der Waals surface area contributed by atoms with E-state index in [1.165, 1.54) is 11.1 Å². The first kappa shape index (κ1) is 14.1. The molecule has 0 unspecified atom stereocenters. The smallest absolute Gasteiger partial charge is 0.181 e. The Kier molecular flexibility index (Phi) is 5.25. The molecule has 0 saturated heterocycles. The van der Waals surface area contributed by atoms with Crippen molar-refractivity contribution in [3.63, 3.8) is 0 Å². The molecular weight excluding hydrogens is 222 g/mol. The zero-order chi connectivity index (χ0) is 13.5. The fraction of sp³-hybridized carbons (Fsp3) is 0.250. The van der Waals surface area contributed by atoms with Crippen LogP contribution in [0.15, 0.2) is 42.5 Å². The van der Waals surface area contributed by atoms with Crippen molar-refractivity contribution in [3.05, 3.63) is 59.2 Å². The molecule has 0 heterocycles. The van der Waals surface area contributed by atoms with Crippen molar-refractivity contribution in [1.82, 2.24) is 0 Å². The Morgan fingerprint density at radius 3 is 1.94 bits per heavy atom. The Bertz CT molecular complexity index is 465. The third-order valence-electron chi connectivity index (χ3n) is 2.89. The summed E-state index contributed by atoms with van der Waals surface area (Å²) in [6.07, 6.45) is 1.03. The molecule has 0 atom stereocenters. The lowest BCUT2D eigenvalue weighted by Gasteiger charge is -2.04. The molecule has 0 aromatic heterocycles. The Hall–Kier alpha value is -1.96. The summed E-state index contributed by atoms with van der Waals surface area (Å²) in [6.45, 7) is 6.02. The van der Waals surface area contributed by atoms with Crippen molar-refractivity contribution in [2.75, 3.05) is 5.73 Å². The van der Waals surface area contributed by atoms with Crippen LogP contribution in [0.4, 0.5) is 5.69 Å². The first-order chi connectivity index (χ1) is 8.56. The fourth-order valence-electron chi connectivity index (χ4n) is 1.76. The van der Waals surface area contributed by atoms with Crippen LogP contribution >= 0.6 is 0 Å². The molecule has 0 amide bonds. The highest BCUT2D eigenvalue weighted by atomic mass is 16.3. The number of hydrogen-bond donors (Lipinski definition) is 1. The molecule has 2 aromatic carbocycles. The lowest BCUT2D eigenvalue weighted by molar-refractivity contribution is 0.352. The Balaban J connectivity index is 0.000000184. The second-order valence-corrected chi connectivity index (χ2v) is 4.26. The molecule has 0 aliphatic rings. The second-order valence-electron chi connectivity index (χ2n) is 4.26. The van der Waals surface area contributed by atoms with Crippen LogP contribution in [-0.4, -0.2) is 0 Å². The van der Waals surface area contributed by atoms with E-state index in [4.69, 9.17) is 5.73 Å². The van der Waals surface area contributed by atoms with E-state index in [1.54, 1.807) is 12.1 Å². The highest BCUT2D eigenvalue weighted by Crippen LogP contribution is 2.15. The highest BCUT2D eigenvalue weighted by Gasteiger charge is 1.97. The van der Waals surface area contributed by atoms with E-state index in [9.17, 15) is 5.11 Å². The van der Waals surface area contributed by atoms with Crippen LogP contribution in [0.2, 0.25) is 0 Å². The molecule has 0 saturated carbocycles. The summed E-state index contributed by atoms with van der Waals surface area (Å²) >= 11 is 0. The zero-order valence-corrected chi connectivity index (χ0v) is 11.2. The topological polar surface area (TPSA) is 45.9 Å². The molecule has 18 heavy (non-hydrogen) atoms. The van der Waals surface area contributed by atoms with E-state index >= 15 is 0 Å². The summed E-state index contributed by atoms with van der Waals surface area (Å²) in [6, 6.07) is 13.0. The maximum absolute atomic E-state index is 10.6. The molecule has 95 valence electrons. The summed E-state index contributed by atoms with van der Waals surface area (Å²) in [5.74, 6) is 0.118. The van der Waals surface area contributed by atoms with Gasteiger partial charge in [0.05, 0.1) is 0 Å². The van der Waals surface area contributed by atoms with E-state index in [1.807, 2.05) is 31.2 Å². The molecule has 0 bridgehead atoms. The number of nitrogen functional groups attached to an aromatic ring is 1. The lowest BCUT2D eigenvalue weighted by Crippen LogP contribution is -1.94. The summed E-state index contributed by atoms with van der Waals surface area (Å²) in [4.78, 5) is 0. The molecule has 2 rings (SSSR count). The standard InChI is InChI=1S/C9H13N.C7H7O/c1-3-8-7(2)5-4-6-9(8)10;1-6-4-2-3-5-7(6)8/h4-6H,3,10H2,1-2H3;2-5H,1H3. The number of benzene rings is 2. The minimum Gasteiger partial charge on any atom is -0.398 e. The predicted octanol–water partition coefficient (Wildman–Crippen LogP) is 4.28. The average molecular weight is 242 g/mol. The third kappa shape index (κ3) is 3.81. The molecule has 2 nitrogen and oxygen atoms in total. The van der Waals surface area contributed by atoms with Gasteiger partial charge in [-0.3, -0.25) is 5.11 Å². The lowest BCUT2D eigenvalue weighted by atomic mass is 10.1. The van der Waals surface area contributed by atoms with Crippen molar-refractivity contribution in [2.24, 2.45) is 0 Å². The van der Waals surface area contributed by atoms with Gasteiger partial charge in [0, 0.05) is 5.69 Å².